The SMILES string of the molecule is CCOC(=O)CC(c1cc(CO)c2sccc2c1)c1ccc2c(nnn2CC(F)(F)F)c1C. The second-order valence-corrected chi connectivity index (χ2v) is 8.66. The van der Waals surface area contributed by atoms with E-state index in [1.165, 1.54) is 11.3 Å². The number of rotatable bonds is 7. The summed E-state index contributed by atoms with van der Waals surface area (Å²) in [5.41, 5.74) is 3.57. The Morgan fingerprint density at radius 2 is 2.06 bits per heavy atom. The third-order valence-electron chi connectivity index (χ3n) is 5.59. The number of aryl methyl sites for hydroxylation is 1. The Morgan fingerprint density at radius 1 is 1.27 bits per heavy atom. The van der Waals surface area contributed by atoms with Crippen LogP contribution in [0.1, 0.15) is 41.5 Å². The van der Waals surface area contributed by atoms with E-state index in [2.05, 4.69) is 10.3 Å². The Hall–Kier alpha value is -2.98. The molecule has 0 aliphatic carbocycles. The lowest BCUT2D eigenvalue weighted by Gasteiger charge is -2.21. The number of thiophene rings is 1. The number of halogens is 3. The predicted molar refractivity (Wildman–Crippen MR) is 119 cm³/mol. The molecule has 0 saturated carbocycles. The number of carbonyl (C=O) groups excluding carboxylic acids is 1. The zero-order chi connectivity index (χ0) is 23.8. The summed E-state index contributed by atoms with van der Waals surface area (Å²) < 4.78 is 45.7. The Kier molecular flexibility index (Phi) is 6.40. The summed E-state index contributed by atoms with van der Waals surface area (Å²) in [7, 11) is 0. The van der Waals surface area contributed by atoms with Gasteiger partial charge in [-0.1, -0.05) is 17.3 Å². The molecule has 33 heavy (non-hydrogen) atoms. The Morgan fingerprint density at radius 3 is 2.76 bits per heavy atom. The molecule has 2 aromatic carbocycles. The molecule has 2 heterocycles. The molecular formula is C23H22F3N3O3S. The van der Waals surface area contributed by atoms with Crippen LogP contribution >= 0.6 is 11.3 Å². The molecule has 1 unspecified atom stereocenters. The fourth-order valence-corrected chi connectivity index (χ4v) is 5.03. The molecule has 4 aromatic rings. The van der Waals surface area contributed by atoms with Gasteiger partial charge in [0.15, 0.2) is 0 Å². The van der Waals surface area contributed by atoms with Crippen LogP contribution in [0.5, 0.6) is 0 Å². The molecule has 4 rings (SSSR count). The summed E-state index contributed by atoms with van der Waals surface area (Å²) in [6, 6.07) is 9.06. The normalized spacial score (nSPS) is 13.0. The van der Waals surface area contributed by atoms with E-state index in [1.54, 1.807) is 26.0 Å². The Labute approximate surface area is 191 Å². The van der Waals surface area contributed by atoms with Crippen LogP contribution in [0.25, 0.3) is 21.1 Å². The molecule has 174 valence electrons. The van der Waals surface area contributed by atoms with Crippen molar-refractivity contribution in [2.45, 2.75) is 45.5 Å². The fourth-order valence-electron chi connectivity index (χ4n) is 4.14. The van der Waals surface area contributed by atoms with Gasteiger partial charge in [0, 0.05) is 10.6 Å². The second-order valence-electron chi connectivity index (χ2n) is 7.75. The van der Waals surface area contributed by atoms with Gasteiger partial charge in [-0.05, 0) is 65.1 Å². The molecule has 0 saturated heterocycles. The maximum Gasteiger partial charge on any atom is 0.408 e. The highest BCUT2D eigenvalue weighted by Gasteiger charge is 2.30. The minimum atomic E-state index is -4.42. The van der Waals surface area contributed by atoms with Crippen LogP contribution in [0, 0.1) is 6.92 Å². The van der Waals surface area contributed by atoms with E-state index >= 15 is 0 Å². The van der Waals surface area contributed by atoms with Crippen molar-refractivity contribution in [3.8, 4) is 0 Å². The summed E-state index contributed by atoms with van der Waals surface area (Å²) in [5.74, 6) is -0.825. The molecule has 10 heteroatoms. The molecule has 0 fully saturated rings. The lowest BCUT2D eigenvalue weighted by atomic mass is 9.84. The number of aromatic nitrogens is 3. The lowest BCUT2D eigenvalue weighted by molar-refractivity contribution is -0.143. The summed E-state index contributed by atoms with van der Waals surface area (Å²) in [4.78, 5) is 12.5. The largest absolute Gasteiger partial charge is 0.466 e. The lowest BCUT2D eigenvalue weighted by Crippen LogP contribution is -2.18. The fraction of sp³-hybridized carbons (Fsp3) is 0.348. The minimum absolute atomic E-state index is 0.0391. The van der Waals surface area contributed by atoms with E-state index in [1.807, 2.05) is 23.6 Å². The standard InChI is InChI=1S/C23H22F3N3O3S/c1-3-32-20(31)10-18(15-8-14-6-7-33-22(14)16(9-15)11-30)17-4-5-19-21(13(17)2)27-28-29(19)12-23(24,25)26/h4-9,18,30H,3,10-12H2,1-2H3. The van der Waals surface area contributed by atoms with Gasteiger partial charge in [0.25, 0.3) is 0 Å². The van der Waals surface area contributed by atoms with Gasteiger partial charge in [0.1, 0.15) is 12.1 Å². The predicted octanol–water partition coefficient (Wildman–Crippen LogP) is 5.09. The first-order chi connectivity index (χ1) is 15.7. The number of fused-ring (bicyclic) bond motifs is 2. The molecule has 0 aliphatic heterocycles. The van der Waals surface area contributed by atoms with Crippen molar-refractivity contribution >= 4 is 38.4 Å². The van der Waals surface area contributed by atoms with Crippen molar-refractivity contribution in [3.63, 3.8) is 0 Å². The average Bonchev–Trinajstić information content (AvgIpc) is 3.38. The molecule has 0 amide bonds. The van der Waals surface area contributed by atoms with Crippen LogP contribution < -0.4 is 0 Å². The summed E-state index contributed by atoms with van der Waals surface area (Å²) >= 11 is 1.52. The van der Waals surface area contributed by atoms with Gasteiger partial charge >= 0.3 is 12.1 Å². The number of benzene rings is 2. The number of alkyl halides is 3. The highest BCUT2D eigenvalue weighted by Crippen LogP contribution is 2.37. The number of carbonyl (C=O) groups is 1. The van der Waals surface area contributed by atoms with Crippen molar-refractivity contribution in [2.75, 3.05) is 6.61 Å². The first-order valence-corrected chi connectivity index (χ1v) is 11.3. The number of aliphatic hydroxyl groups excluding tert-OH is 1. The molecular weight excluding hydrogens is 455 g/mol. The quantitative estimate of drug-likeness (QED) is 0.375. The van der Waals surface area contributed by atoms with Gasteiger partial charge in [-0.25, -0.2) is 4.68 Å². The molecule has 1 atom stereocenters. The van der Waals surface area contributed by atoms with Crippen molar-refractivity contribution in [3.05, 3.63) is 58.0 Å². The number of ether oxygens (including phenoxy) is 1. The van der Waals surface area contributed by atoms with Gasteiger partial charge in [0.2, 0.25) is 0 Å². The molecule has 2 aromatic heterocycles. The third-order valence-corrected chi connectivity index (χ3v) is 6.59. The maximum absolute atomic E-state index is 12.9. The average molecular weight is 478 g/mol. The molecule has 6 nitrogen and oxygen atoms in total. The number of hydrogen-bond acceptors (Lipinski definition) is 6. The van der Waals surface area contributed by atoms with Crippen molar-refractivity contribution in [1.29, 1.82) is 0 Å². The molecule has 1 N–H and O–H groups in total. The third kappa shape index (κ3) is 4.72. The van der Waals surface area contributed by atoms with Crippen LogP contribution in [0.3, 0.4) is 0 Å². The van der Waals surface area contributed by atoms with E-state index < -0.39 is 24.6 Å². The van der Waals surface area contributed by atoms with Crippen LogP contribution in [-0.2, 0) is 22.7 Å². The smallest absolute Gasteiger partial charge is 0.408 e. The van der Waals surface area contributed by atoms with Crippen LogP contribution in [0.15, 0.2) is 35.7 Å². The maximum atomic E-state index is 12.9. The summed E-state index contributed by atoms with van der Waals surface area (Å²) in [6.07, 6.45) is -4.38. The first kappa shape index (κ1) is 23.2. The monoisotopic (exact) mass is 477 g/mol. The van der Waals surface area contributed by atoms with Gasteiger partial charge < -0.3 is 9.84 Å². The Bertz CT molecular complexity index is 1310. The van der Waals surface area contributed by atoms with Gasteiger partial charge in [-0.2, -0.15) is 13.2 Å². The first-order valence-electron chi connectivity index (χ1n) is 10.4. The highest BCUT2D eigenvalue weighted by atomic mass is 32.1. The molecule has 0 radical (unpaired) electrons. The van der Waals surface area contributed by atoms with Gasteiger partial charge in [-0.15, -0.1) is 16.4 Å². The summed E-state index contributed by atoms with van der Waals surface area (Å²) in [5, 5.41) is 20.5. The van der Waals surface area contributed by atoms with Crippen molar-refractivity contribution in [1.82, 2.24) is 15.0 Å². The van der Waals surface area contributed by atoms with E-state index in [4.69, 9.17) is 4.74 Å². The second kappa shape index (κ2) is 9.11. The number of esters is 1. The zero-order valence-electron chi connectivity index (χ0n) is 18.0. The number of aliphatic hydroxyl groups is 1. The topological polar surface area (TPSA) is 77.2 Å². The highest BCUT2D eigenvalue weighted by molar-refractivity contribution is 7.17. The van der Waals surface area contributed by atoms with E-state index in [0.717, 1.165) is 31.5 Å². The Balaban J connectivity index is 1.84. The van der Waals surface area contributed by atoms with Gasteiger partial charge in [-0.3, -0.25) is 4.79 Å². The van der Waals surface area contributed by atoms with E-state index in [-0.39, 0.29) is 25.2 Å². The molecule has 0 bridgehead atoms. The van der Waals surface area contributed by atoms with Crippen LogP contribution in [0.2, 0.25) is 0 Å². The minimum Gasteiger partial charge on any atom is -0.466 e. The molecule has 0 spiro atoms. The van der Waals surface area contributed by atoms with Crippen molar-refractivity contribution in [2.24, 2.45) is 0 Å². The van der Waals surface area contributed by atoms with Crippen LogP contribution in [-0.4, -0.2) is 38.9 Å². The molecule has 0 aliphatic rings. The number of hydrogen-bond donors (Lipinski definition) is 1. The van der Waals surface area contributed by atoms with Gasteiger partial charge in [0.05, 0.1) is 25.2 Å². The van der Waals surface area contributed by atoms with E-state index in [0.29, 0.717) is 11.1 Å². The van der Waals surface area contributed by atoms with E-state index in [9.17, 15) is 23.1 Å². The van der Waals surface area contributed by atoms with Crippen LogP contribution in [0.4, 0.5) is 13.2 Å². The number of nitrogens with zero attached hydrogens (tertiary/aromatic N) is 3. The zero-order valence-corrected chi connectivity index (χ0v) is 18.8. The summed E-state index contributed by atoms with van der Waals surface area (Å²) in [6.45, 7) is 2.34. The van der Waals surface area contributed by atoms with Crippen molar-refractivity contribution < 1.29 is 27.8 Å².